The molecule has 3 aromatic heterocycles. The minimum Gasteiger partial charge on any atom is -0.450 e. The molecule has 0 fully saturated rings. The molecule has 0 aliphatic rings. The molecule has 4 rings (SSSR count). The topological polar surface area (TPSA) is 126 Å². The zero-order chi connectivity index (χ0) is 28.5. The fourth-order valence-electron chi connectivity index (χ4n) is 4.48. The van der Waals surface area contributed by atoms with Crippen LogP contribution in [0.25, 0.3) is 22.6 Å². The fraction of sp³-hybridized carbons (Fsp3) is 0.400. The quantitative estimate of drug-likeness (QED) is 0.309. The van der Waals surface area contributed by atoms with Crippen LogP contribution in [0.2, 0.25) is 0 Å². The van der Waals surface area contributed by atoms with Gasteiger partial charge in [-0.2, -0.15) is 18.3 Å². The van der Waals surface area contributed by atoms with Gasteiger partial charge in [0.05, 0.1) is 23.9 Å². The lowest BCUT2D eigenvalue weighted by Crippen LogP contribution is -2.40. The van der Waals surface area contributed by atoms with Crippen molar-refractivity contribution in [1.82, 2.24) is 28.5 Å². The molecule has 39 heavy (non-hydrogen) atoms. The maximum atomic E-state index is 13.5. The molecule has 0 amide bonds. The Hall–Kier alpha value is -4.36. The molecule has 0 spiro atoms. The molecule has 0 saturated heterocycles. The highest BCUT2D eigenvalue weighted by atomic mass is 19.4. The summed E-state index contributed by atoms with van der Waals surface area (Å²) in [7, 11) is 0. The van der Waals surface area contributed by atoms with Gasteiger partial charge in [0.1, 0.15) is 5.82 Å². The molecular formula is C25H27F3N6O5. The predicted molar refractivity (Wildman–Crippen MR) is 134 cm³/mol. The molecule has 0 saturated carbocycles. The lowest BCUT2D eigenvalue weighted by atomic mass is 10.1. The average Bonchev–Trinajstić information content (AvgIpc) is 3.50. The first-order valence-electron chi connectivity index (χ1n) is 12.3. The number of imidazole rings is 1. The molecule has 1 aromatic carbocycles. The van der Waals surface area contributed by atoms with Crippen LogP contribution in [0.15, 0.2) is 46.2 Å². The van der Waals surface area contributed by atoms with Crippen LogP contribution in [0.4, 0.5) is 18.0 Å². The van der Waals surface area contributed by atoms with Crippen molar-refractivity contribution in [3.05, 3.63) is 68.6 Å². The van der Waals surface area contributed by atoms with Crippen molar-refractivity contribution in [1.29, 1.82) is 0 Å². The van der Waals surface area contributed by atoms with Crippen LogP contribution in [0, 0.1) is 0 Å². The van der Waals surface area contributed by atoms with Crippen molar-refractivity contribution in [2.75, 3.05) is 0 Å². The van der Waals surface area contributed by atoms with Gasteiger partial charge in [-0.15, -0.1) is 0 Å². The highest BCUT2D eigenvalue weighted by Gasteiger charge is 2.31. The number of nitrogens with zero attached hydrogens (tertiary/aromatic N) is 6. The summed E-state index contributed by atoms with van der Waals surface area (Å²) in [5.74, 6) is 0.126. The first kappa shape index (κ1) is 27.7. The van der Waals surface area contributed by atoms with Crippen molar-refractivity contribution >= 4 is 17.3 Å². The normalized spacial score (nSPS) is 12.7. The third kappa shape index (κ3) is 5.31. The number of benzene rings is 1. The molecule has 11 nitrogen and oxygen atoms in total. The van der Waals surface area contributed by atoms with Crippen molar-refractivity contribution in [2.45, 2.75) is 65.7 Å². The van der Waals surface area contributed by atoms with Crippen LogP contribution in [-0.2, 0) is 30.5 Å². The van der Waals surface area contributed by atoms with Crippen molar-refractivity contribution in [2.24, 2.45) is 0 Å². The van der Waals surface area contributed by atoms with Gasteiger partial charge in [-0.3, -0.25) is 23.2 Å². The fourth-order valence-corrected chi connectivity index (χ4v) is 4.48. The van der Waals surface area contributed by atoms with E-state index >= 15 is 0 Å². The second-order valence-electron chi connectivity index (χ2n) is 8.83. The van der Waals surface area contributed by atoms with Gasteiger partial charge >= 0.3 is 18.0 Å². The Bertz CT molecular complexity index is 1630. The van der Waals surface area contributed by atoms with Gasteiger partial charge in [-0.25, -0.2) is 14.6 Å². The summed E-state index contributed by atoms with van der Waals surface area (Å²) in [6, 6.07) is 4.85. The summed E-state index contributed by atoms with van der Waals surface area (Å²) < 4.78 is 49.7. The van der Waals surface area contributed by atoms with E-state index in [9.17, 15) is 32.7 Å². The van der Waals surface area contributed by atoms with Crippen LogP contribution in [0.1, 0.15) is 51.0 Å². The molecule has 1 unspecified atom stereocenters. The Morgan fingerprint density at radius 1 is 1.15 bits per heavy atom. The Balaban J connectivity index is 1.90. The van der Waals surface area contributed by atoms with E-state index in [4.69, 9.17) is 4.74 Å². The summed E-state index contributed by atoms with van der Waals surface area (Å²) in [6.45, 7) is 5.56. The van der Waals surface area contributed by atoms with Crippen LogP contribution in [0.3, 0.4) is 0 Å². The standard InChI is InChI=1S/C25H27F3N6O5/c1-4-10-33-22(35)19-21(32(6-3)23(33)36)30-20(34(19)18(5-2)39-24(37)38)16-12-29-31(14-16)13-15-8-7-9-17(11-15)25(26,27)28/h7-9,11-12,14,18H,4-6,10,13H2,1-3H3,(H,37,38). The minimum atomic E-state index is -4.49. The van der Waals surface area contributed by atoms with Crippen molar-refractivity contribution < 1.29 is 27.8 Å². The highest BCUT2D eigenvalue weighted by molar-refractivity contribution is 5.77. The molecule has 208 valence electrons. The van der Waals surface area contributed by atoms with Gasteiger partial charge in [0.2, 0.25) is 0 Å². The van der Waals surface area contributed by atoms with Crippen molar-refractivity contribution in [3.63, 3.8) is 0 Å². The molecule has 4 aromatic rings. The highest BCUT2D eigenvalue weighted by Crippen LogP contribution is 2.31. The molecule has 14 heteroatoms. The van der Waals surface area contributed by atoms with E-state index in [1.807, 2.05) is 6.92 Å². The summed E-state index contributed by atoms with van der Waals surface area (Å²) in [5.41, 5.74) is -1.19. The van der Waals surface area contributed by atoms with Crippen LogP contribution in [0.5, 0.6) is 0 Å². The molecule has 0 radical (unpaired) electrons. The Kier molecular flexibility index (Phi) is 7.65. The third-order valence-electron chi connectivity index (χ3n) is 6.19. The molecule has 0 bridgehead atoms. The SMILES string of the molecule is CCCn1c(=O)c2c(nc(-c3cnn(Cc4cccc(C(F)(F)F)c4)c3)n2C(CC)OC(=O)O)n(CC)c1=O. The number of halogens is 3. The Labute approximate surface area is 219 Å². The van der Waals surface area contributed by atoms with E-state index < -0.39 is 35.4 Å². The van der Waals surface area contributed by atoms with E-state index in [1.54, 1.807) is 13.8 Å². The number of aromatic nitrogens is 6. The zero-order valence-electron chi connectivity index (χ0n) is 21.5. The molecule has 0 aliphatic carbocycles. The third-order valence-corrected chi connectivity index (χ3v) is 6.19. The van der Waals surface area contributed by atoms with Gasteiger partial charge in [-0.1, -0.05) is 26.0 Å². The van der Waals surface area contributed by atoms with E-state index in [0.29, 0.717) is 17.5 Å². The molecule has 1 atom stereocenters. The number of ether oxygens (including phenoxy) is 1. The van der Waals surface area contributed by atoms with Crippen LogP contribution < -0.4 is 11.2 Å². The van der Waals surface area contributed by atoms with Gasteiger partial charge < -0.3 is 9.84 Å². The number of hydrogen-bond acceptors (Lipinski definition) is 6. The summed E-state index contributed by atoms with van der Waals surface area (Å²) in [5, 5.41) is 13.6. The van der Waals surface area contributed by atoms with E-state index in [0.717, 1.165) is 16.7 Å². The predicted octanol–water partition coefficient (Wildman–Crippen LogP) is 4.32. The lowest BCUT2D eigenvalue weighted by molar-refractivity contribution is -0.137. The molecule has 1 N–H and O–H groups in total. The zero-order valence-corrected chi connectivity index (χ0v) is 21.5. The first-order chi connectivity index (χ1) is 18.5. The number of rotatable bonds is 9. The van der Waals surface area contributed by atoms with Gasteiger partial charge in [0, 0.05) is 25.7 Å². The van der Waals surface area contributed by atoms with Gasteiger partial charge in [0.15, 0.2) is 17.4 Å². The maximum absolute atomic E-state index is 13.5. The van der Waals surface area contributed by atoms with E-state index in [1.165, 1.54) is 38.3 Å². The minimum absolute atomic E-state index is 0.00127. The summed E-state index contributed by atoms with van der Waals surface area (Å²) in [4.78, 5) is 42.6. The lowest BCUT2D eigenvalue weighted by Gasteiger charge is -2.19. The van der Waals surface area contributed by atoms with Crippen LogP contribution >= 0.6 is 0 Å². The number of hydrogen-bond donors (Lipinski definition) is 1. The smallest absolute Gasteiger partial charge is 0.450 e. The second-order valence-corrected chi connectivity index (χ2v) is 8.83. The summed E-state index contributed by atoms with van der Waals surface area (Å²) >= 11 is 0. The van der Waals surface area contributed by atoms with E-state index in [2.05, 4.69) is 10.1 Å². The maximum Gasteiger partial charge on any atom is 0.507 e. The molecule has 3 heterocycles. The summed E-state index contributed by atoms with van der Waals surface area (Å²) in [6.07, 6.45) is -3.64. The monoisotopic (exact) mass is 548 g/mol. The van der Waals surface area contributed by atoms with Crippen molar-refractivity contribution in [3.8, 4) is 11.4 Å². The Morgan fingerprint density at radius 3 is 2.51 bits per heavy atom. The molecular weight excluding hydrogens is 521 g/mol. The first-order valence-corrected chi connectivity index (χ1v) is 12.3. The number of carbonyl (C=O) groups is 1. The number of aryl methyl sites for hydroxylation is 1. The average molecular weight is 549 g/mol. The van der Waals surface area contributed by atoms with Gasteiger partial charge in [0.25, 0.3) is 5.56 Å². The second kappa shape index (κ2) is 10.8. The molecule has 0 aliphatic heterocycles. The van der Waals surface area contributed by atoms with E-state index in [-0.39, 0.29) is 43.0 Å². The van der Waals surface area contributed by atoms with Gasteiger partial charge in [-0.05, 0) is 31.0 Å². The number of carboxylic acid groups (broad SMARTS) is 1. The Morgan fingerprint density at radius 2 is 1.90 bits per heavy atom. The number of fused-ring (bicyclic) bond motifs is 1. The largest absolute Gasteiger partial charge is 0.507 e. The van der Waals surface area contributed by atoms with Crippen LogP contribution in [-0.4, -0.2) is 39.7 Å². The number of alkyl halides is 3.